The lowest BCUT2D eigenvalue weighted by molar-refractivity contribution is 0.421. The van der Waals surface area contributed by atoms with Crippen molar-refractivity contribution >= 4 is 28.1 Å². The molecule has 4 nitrogen and oxygen atoms in total. The SMILES string of the molecule is Nc1sc2c(c1-c1nc(C3CCCS3)no1)CCC2. The Morgan fingerprint density at radius 3 is 3.05 bits per heavy atom. The lowest BCUT2D eigenvalue weighted by Gasteiger charge is -1.99. The summed E-state index contributed by atoms with van der Waals surface area (Å²) in [6.07, 6.45) is 5.85. The predicted octanol–water partition coefficient (Wildman–Crippen LogP) is 3.44. The van der Waals surface area contributed by atoms with E-state index in [4.69, 9.17) is 10.3 Å². The molecule has 0 bridgehead atoms. The van der Waals surface area contributed by atoms with E-state index in [0.29, 0.717) is 11.1 Å². The highest BCUT2D eigenvalue weighted by atomic mass is 32.2. The van der Waals surface area contributed by atoms with Crippen LogP contribution >= 0.6 is 23.1 Å². The van der Waals surface area contributed by atoms with Crippen molar-refractivity contribution in [3.8, 4) is 11.5 Å². The smallest absolute Gasteiger partial charge is 0.261 e. The molecule has 1 atom stereocenters. The molecule has 1 unspecified atom stereocenters. The van der Waals surface area contributed by atoms with Gasteiger partial charge in [0.15, 0.2) is 5.82 Å². The van der Waals surface area contributed by atoms with Crippen LogP contribution in [0.2, 0.25) is 0 Å². The summed E-state index contributed by atoms with van der Waals surface area (Å²) in [6, 6.07) is 0. The molecule has 1 saturated heterocycles. The molecule has 0 spiro atoms. The Kier molecular flexibility index (Phi) is 2.81. The second-order valence-electron chi connectivity index (χ2n) is 5.06. The molecule has 19 heavy (non-hydrogen) atoms. The van der Waals surface area contributed by atoms with Crippen LogP contribution in [0, 0.1) is 0 Å². The zero-order valence-electron chi connectivity index (χ0n) is 10.5. The minimum atomic E-state index is 0.408. The molecule has 1 fully saturated rings. The number of rotatable bonds is 2. The van der Waals surface area contributed by atoms with Gasteiger partial charge in [-0.3, -0.25) is 0 Å². The number of hydrogen-bond donors (Lipinski definition) is 1. The van der Waals surface area contributed by atoms with Crippen LogP contribution in [0.5, 0.6) is 0 Å². The first kappa shape index (κ1) is 11.8. The van der Waals surface area contributed by atoms with E-state index >= 15 is 0 Å². The van der Waals surface area contributed by atoms with Crippen LogP contribution in [-0.4, -0.2) is 15.9 Å². The van der Waals surface area contributed by atoms with Crippen molar-refractivity contribution in [1.82, 2.24) is 10.1 Å². The van der Waals surface area contributed by atoms with Crippen molar-refractivity contribution in [2.24, 2.45) is 0 Å². The molecule has 4 rings (SSSR count). The van der Waals surface area contributed by atoms with Crippen molar-refractivity contribution in [2.45, 2.75) is 37.4 Å². The number of nitrogen functional groups attached to an aromatic ring is 1. The van der Waals surface area contributed by atoms with Gasteiger partial charge in [-0.1, -0.05) is 5.16 Å². The van der Waals surface area contributed by atoms with Gasteiger partial charge in [0.2, 0.25) is 0 Å². The first-order valence-electron chi connectivity index (χ1n) is 6.68. The van der Waals surface area contributed by atoms with Crippen LogP contribution < -0.4 is 5.73 Å². The average Bonchev–Trinajstić information content (AvgIpc) is 3.11. The summed E-state index contributed by atoms with van der Waals surface area (Å²) in [5.74, 6) is 2.67. The maximum atomic E-state index is 6.13. The number of nitrogens with two attached hydrogens (primary N) is 1. The summed E-state index contributed by atoms with van der Waals surface area (Å²) in [5.41, 5.74) is 8.49. The summed E-state index contributed by atoms with van der Waals surface area (Å²) in [5, 5.41) is 5.40. The second-order valence-corrected chi connectivity index (χ2v) is 7.50. The highest BCUT2D eigenvalue weighted by molar-refractivity contribution is 7.99. The third kappa shape index (κ3) is 1.89. The Morgan fingerprint density at radius 1 is 1.26 bits per heavy atom. The first-order chi connectivity index (χ1) is 9.33. The molecule has 100 valence electrons. The molecule has 6 heteroatoms. The van der Waals surface area contributed by atoms with Gasteiger partial charge >= 0.3 is 0 Å². The number of aryl methyl sites for hydroxylation is 1. The Labute approximate surface area is 119 Å². The number of thiophene rings is 1. The fourth-order valence-corrected chi connectivity index (χ4v) is 5.26. The molecule has 3 heterocycles. The fourth-order valence-electron chi connectivity index (χ4n) is 2.91. The number of thioether (sulfide) groups is 1. The van der Waals surface area contributed by atoms with Crippen molar-refractivity contribution < 1.29 is 4.52 Å². The Morgan fingerprint density at radius 2 is 2.21 bits per heavy atom. The van der Waals surface area contributed by atoms with E-state index in [1.807, 2.05) is 11.8 Å². The summed E-state index contributed by atoms with van der Waals surface area (Å²) in [6.45, 7) is 0. The maximum absolute atomic E-state index is 6.13. The number of aromatic nitrogens is 2. The minimum absolute atomic E-state index is 0.408. The summed E-state index contributed by atoms with van der Waals surface area (Å²) >= 11 is 3.61. The quantitative estimate of drug-likeness (QED) is 0.919. The number of nitrogens with zero attached hydrogens (tertiary/aromatic N) is 2. The normalized spacial score (nSPS) is 22.0. The van der Waals surface area contributed by atoms with Gasteiger partial charge in [-0.15, -0.1) is 11.3 Å². The summed E-state index contributed by atoms with van der Waals surface area (Å²) in [7, 11) is 0. The van der Waals surface area contributed by atoms with E-state index in [1.54, 1.807) is 11.3 Å². The minimum Gasteiger partial charge on any atom is -0.390 e. The molecule has 2 aliphatic rings. The molecule has 2 aromatic heterocycles. The average molecular weight is 293 g/mol. The highest BCUT2D eigenvalue weighted by Crippen LogP contribution is 2.44. The monoisotopic (exact) mass is 293 g/mol. The Balaban J connectivity index is 1.73. The molecule has 0 amide bonds. The van der Waals surface area contributed by atoms with Gasteiger partial charge in [-0.05, 0) is 43.4 Å². The topological polar surface area (TPSA) is 64.9 Å². The molecular formula is C13H15N3OS2. The predicted molar refractivity (Wildman–Crippen MR) is 78.5 cm³/mol. The lowest BCUT2D eigenvalue weighted by Crippen LogP contribution is -1.92. The third-order valence-electron chi connectivity index (χ3n) is 3.82. The van der Waals surface area contributed by atoms with Crippen LogP contribution in [0.1, 0.15) is 40.8 Å². The molecule has 2 N–H and O–H groups in total. The summed E-state index contributed by atoms with van der Waals surface area (Å²) < 4.78 is 5.48. The van der Waals surface area contributed by atoms with Gasteiger partial charge in [-0.2, -0.15) is 16.7 Å². The second kappa shape index (κ2) is 4.52. The molecule has 0 radical (unpaired) electrons. The van der Waals surface area contributed by atoms with Crippen LogP contribution in [0.15, 0.2) is 4.52 Å². The van der Waals surface area contributed by atoms with Crippen molar-refractivity contribution in [3.63, 3.8) is 0 Å². The molecular weight excluding hydrogens is 278 g/mol. The number of anilines is 1. The van der Waals surface area contributed by atoms with E-state index < -0.39 is 0 Å². The van der Waals surface area contributed by atoms with Crippen molar-refractivity contribution in [2.75, 3.05) is 11.5 Å². The van der Waals surface area contributed by atoms with E-state index in [2.05, 4.69) is 10.1 Å². The largest absolute Gasteiger partial charge is 0.390 e. The molecule has 1 aliphatic heterocycles. The maximum Gasteiger partial charge on any atom is 0.261 e. The Hall–Kier alpha value is -1.01. The lowest BCUT2D eigenvalue weighted by atomic mass is 10.1. The van der Waals surface area contributed by atoms with Gasteiger partial charge < -0.3 is 10.3 Å². The van der Waals surface area contributed by atoms with Crippen LogP contribution in [0.3, 0.4) is 0 Å². The zero-order chi connectivity index (χ0) is 12.8. The van der Waals surface area contributed by atoms with E-state index in [9.17, 15) is 0 Å². The molecule has 0 saturated carbocycles. The Bertz CT molecular complexity index is 613. The molecule has 0 aromatic carbocycles. The third-order valence-corrected chi connectivity index (χ3v) is 6.32. The van der Waals surface area contributed by atoms with Gasteiger partial charge in [0.05, 0.1) is 15.8 Å². The number of fused-ring (bicyclic) bond motifs is 1. The summed E-state index contributed by atoms with van der Waals surface area (Å²) in [4.78, 5) is 6.01. The molecule has 1 aliphatic carbocycles. The van der Waals surface area contributed by atoms with Gasteiger partial charge in [-0.25, -0.2) is 0 Å². The molecule has 2 aromatic rings. The first-order valence-corrected chi connectivity index (χ1v) is 8.55. The fraction of sp³-hybridized carbons (Fsp3) is 0.538. The van der Waals surface area contributed by atoms with E-state index in [-0.39, 0.29) is 0 Å². The van der Waals surface area contributed by atoms with E-state index in [0.717, 1.165) is 35.7 Å². The standard InChI is InChI=1S/C13H15N3OS2/c14-11-10(7-3-1-4-8(7)19-11)13-15-12(16-17-13)9-5-2-6-18-9/h9H,1-6,14H2. The van der Waals surface area contributed by atoms with Crippen molar-refractivity contribution in [3.05, 3.63) is 16.3 Å². The van der Waals surface area contributed by atoms with Crippen LogP contribution in [-0.2, 0) is 12.8 Å². The number of hydrogen-bond acceptors (Lipinski definition) is 6. The van der Waals surface area contributed by atoms with Crippen molar-refractivity contribution in [1.29, 1.82) is 0 Å². The van der Waals surface area contributed by atoms with Gasteiger partial charge in [0.25, 0.3) is 5.89 Å². The van der Waals surface area contributed by atoms with Crippen LogP contribution in [0.25, 0.3) is 11.5 Å². The zero-order valence-corrected chi connectivity index (χ0v) is 12.1. The van der Waals surface area contributed by atoms with Gasteiger partial charge in [0.1, 0.15) is 0 Å². The van der Waals surface area contributed by atoms with Crippen LogP contribution in [0.4, 0.5) is 5.00 Å². The van der Waals surface area contributed by atoms with E-state index in [1.165, 1.54) is 29.0 Å². The van der Waals surface area contributed by atoms with Gasteiger partial charge in [0, 0.05) is 4.88 Å². The highest BCUT2D eigenvalue weighted by Gasteiger charge is 2.28.